The minimum absolute atomic E-state index is 1.04. The lowest BCUT2D eigenvalue weighted by molar-refractivity contribution is 0.548. The molecular weight excluding hydrogens is 649 g/mol. The van der Waals surface area contributed by atoms with Gasteiger partial charge in [0.2, 0.25) is 0 Å². The van der Waals surface area contributed by atoms with E-state index < -0.39 is 33.3 Å². The van der Waals surface area contributed by atoms with Crippen molar-refractivity contribution >= 4 is 59.2 Å². The molecule has 0 saturated heterocycles. The fourth-order valence-corrected chi connectivity index (χ4v) is 28.5. The smallest absolute Gasteiger partial charge is 0.278 e. The lowest BCUT2D eigenvalue weighted by Crippen LogP contribution is -2.72. The molecule has 2 nitrogen and oxygen atoms in total. The molecule has 0 fully saturated rings. The predicted octanol–water partition coefficient (Wildman–Crippen LogP) is 7.67. The largest absolute Gasteiger partial charge is 0.446 e. The van der Waals surface area contributed by atoms with E-state index in [-0.39, 0.29) is 0 Å². The minimum Gasteiger partial charge on any atom is -0.446 e. The summed E-state index contributed by atoms with van der Waals surface area (Å²) >= 11 is 0. The van der Waals surface area contributed by atoms with Crippen molar-refractivity contribution in [2.24, 2.45) is 0 Å². The Morgan fingerprint density at radius 1 is 0.438 bits per heavy atom. The summed E-state index contributed by atoms with van der Waals surface area (Å²) in [5.41, 5.74) is 0. The Balaban J connectivity index is 1.37. The fraction of sp³-hybridized carbons (Fsp3) is 0.190. The van der Waals surface area contributed by atoms with Crippen LogP contribution in [-0.4, -0.2) is 33.3 Å². The first-order chi connectivity index (χ1) is 23.3. The standard InChI is InChI=1S/C42H48O2Si4/c1-45(2,43-47(37-23-11-5-12-24-37,38-25-13-6-14-26-38)39-27-15-7-16-28-39)35-36-46(3,4)44-48(40-29-17-8-18-30-40,41-31-19-9-20-32-41)42-33-21-10-22-34-42/h5-21,23-33H,22,34-36H2,1-4H3. The van der Waals surface area contributed by atoms with Gasteiger partial charge in [-0.2, -0.15) is 0 Å². The average molecular weight is 697 g/mol. The Labute approximate surface area is 292 Å². The van der Waals surface area contributed by atoms with Gasteiger partial charge in [0.1, 0.15) is 0 Å². The maximum absolute atomic E-state index is 7.87. The van der Waals surface area contributed by atoms with Crippen LogP contribution in [0.25, 0.3) is 0 Å². The van der Waals surface area contributed by atoms with Gasteiger partial charge in [-0.3, -0.25) is 0 Å². The van der Waals surface area contributed by atoms with Crippen LogP contribution in [0.4, 0.5) is 0 Å². The third-order valence-corrected chi connectivity index (χ3v) is 26.9. The van der Waals surface area contributed by atoms with E-state index in [0.717, 1.165) is 24.9 Å². The normalized spacial score (nSPS) is 14.0. The zero-order chi connectivity index (χ0) is 33.5. The number of hydrogen-bond donors (Lipinski definition) is 0. The van der Waals surface area contributed by atoms with Crippen molar-refractivity contribution in [3.63, 3.8) is 0 Å². The van der Waals surface area contributed by atoms with E-state index >= 15 is 0 Å². The van der Waals surface area contributed by atoms with Crippen LogP contribution in [0.3, 0.4) is 0 Å². The van der Waals surface area contributed by atoms with Gasteiger partial charge in [0.15, 0.2) is 16.6 Å². The molecule has 0 atom stereocenters. The van der Waals surface area contributed by atoms with E-state index in [1.807, 2.05) is 0 Å². The van der Waals surface area contributed by atoms with E-state index in [1.54, 1.807) is 0 Å². The van der Waals surface area contributed by atoms with Gasteiger partial charge in [0.25, 0.3) is 16.6 Å². The van der Waals surface area contributed by atoms with E-state index in [4.69, 9.17) is 8.23 Å². The Morgan fingerprint density at radius 2 is 0.750 bits per heavy atom. The summed E-state index contributed by atoms with van der Waals surface area (Å²) in [6.45, 7) is 9.75. The van der Waals surface area contributed by atoms with Crippen molar-refractivity contribution in [1.82, 2.24) is 0 Å². The van der Waals surface area contributed by atoms with Gasteiger partial charge in [-0.1, -0.05) is 170 Å². The van der Waals surface area contributed by atoms with Gasteiger partial charge in [-0.15, -0.1) is 0 Å². The zero-order valence-electron chi connectivity index (χ0n) is 28.8. The Kier molecular flexibility index (Phi) is 10.6. The molecule has 0 N–H and O–H groups in total. The molecule has 0 aliphatic heterocycles. The van der Waals surface area contributed by atoms with E-state index in [2.05, 4.69) is 196 Å². The van der Waals surface area contributed by atoms with Crippen molar-refractivity contribution in [2.45, 2.75) is 51.1 Å². The van der Waals surface area contributed by atoms with Gasteiger partial charge in [-0.25, -0.2) is 0 Å². The summed E-state index contributed by atoms with van der Waals surface area (Å²) in [4.78, 5) is 0. The summed E-state index contributed by atoms with van der Waals surface area (Å²) in [6, 6.07) is 57.3. The topological polar surface area (TPSA) is 18.5 Å². The van der Waals surface area contributed by atoms with Crippen LogP contribution >= 0.6 is 0 Å². The van der Waals surface area contributed by atoms with Crippen molar-refractivity contribution in [3.05, 3.63) is 175 Å². The maximum Gasteiger partial charge on any atom is 0.278 e. The summed E-state index contributed by atoms with van der Waals surface area (Å²) in [5, 5.41) is 8.05. The molecular formula is C42H48O2Si4. The zero-order valence-corrected chi connectivity index (χ0v) is 32.8. The first-order valence-electron chi connectivity index (χ1n) is 17.3. The second-order valence-electron chi connectivity index (χ2n) is 14.1. The molecule has 0 unspecified atom stereocenters. The summed E-state index contributed by atoms with van der Waals surface area (Å²) in [6.07, 6.45) is 9.00. The predicted molar refractivity (Wildman–Crippen MR) is 215 cm³/mol. The van der Waals surface area contributed by atoms with Crippen molar-refractivity contribution in [2.75, 3.05) is 0 Å². The number of rotatable bonds is 13. The van der Waals surface area contributed by atoms with Crippen LogP contribution in [0.5, 0.6) is 0 Å². The first-order valence-corrected chi connectivity index (χ1v) is 27.3. The van der Waals surface area contributed by atoms with Crippen molar-refractivity contribution < 1.29 is 8.23 Å². The summed E-state index contributed by atoms with van der Waals surface area (Å²) in [5.74, 6) is 0. The molecule has 5 aromatic carbocycles. The van der Waals surface area contributed by atoms with E-state index in [9.17, 15) is 0 Å². The Hall–Kier alpha value is -3.63. The van der Waals surface area contributed by atoms with Crippen LogP contribution in [0.2, 0.25) is 38.3 Å². The molecule has 1 aliphatic rings. The van der Waals surface area contributed by atoms with Crippen LogP contribution < -0.4 is 25.9 Å². The summed E-state index contributed by atoms with van der Waals surface area (Å²) < 4.78 is 15.7. The summed E-state index contributed by atoms with van der Waals surface area (Å²) in [7, 11) is -10.0. The lowest BCUT2D eigenvalue weighted by atomic mass is 10.2. The van der Waals surface area contributed by atoms with Gasteiger partial charge >= 0.3 is 0 Å². The molecule has 6 heteroatoms. The molecule has 5 aromatic rings. The average Bonchev–Trinajstić information content (AvgIpc) is 3.14. The Morgan fingerprint density at radius 3 is 1.06 bits per heavy atom. The molecule has 0 spiro atoms. The monoisotopic (exact) mass is 696 g/mol. The molecule has 0 heterocycles. The van der Waals surface area contributed by atoms with Gasteiger partial charge < -0.3 is 8.23 Å². The molecule has 48 heavy (non-hydrogen) atoms. The van der Waals surface area contributed by atoms with Crippen molar-refractivity contribution in [3.8, 4) is 0 Å². The molecule has 0 radical (unpaired) electrons. The first kappa shape index (κ1) is 34.2. The number of allylic oxidation sites excluding steroid dienone is 4. The third kappa shape index (κ3) is 7.34. The van der Waals surface area contributed by atoms with Crippen LogP contribution in [0, 0.1) is 0 Å². The maximum atomic E-state index is 7.87. The minimum atomic E-state index is -2.81. The lowest BCUT2D eigenvalue weighted by Gasteiger charge is -2.43. The second kappa shape index (κ2) is 14.9. The Bertz CT molecular complexity index is 1670. The quantitative estimate of drug-likeness (QED) is 0.0930. The van der Waals surface area contributed by atoms with Crippen LogP contribution in [0.1, 0.15) is 12.8 Å². The third-order valence-electron chi connectivity index (χ3n) is 9.56. The molecule has 0 bridgehead atoms. The number of hydrogen-bond acceptors (Lipinski definition) is 2. The van der Waals surface area contributed by atoms with Gasteiger partial charge in [0.05, 0.1) is 0 Å². The van der Waals surface area contributed by atoms with Crippen molar-refractivity contribution in [1.29, 1.82) is 0 Å². The molecule has 0 saturated carbocycles. The molecule has 6 rings (SSSR count). The highest BCUT2D eigenvalue weighted by Gasteiger charge is 2.49. The van der Waals surface area contributed by atoms with Gasteiger partial charge in [-0.05, 0) is 82.2 Å². The number of benzene rings is 5. The van der Waals surface area contributed by atoms with E-state index in [1.165, 1.54) is 31.1 Å². The SMILES string of the molecule is C[Si](C)(CC[Si](C)(C)O[Si](c1ccccc1)(c1ccccc1)c1ccccc1)O[Si](C1=CC=CCC1)(c1ccccc1)c1ccccc1. The highest BCUT2D eigenvalue weighted by atomic mass is 28.4. The van der Waals surface area contributed by atoms with Crippen LogP contribution in [-0.2, 0) is 8.23 Å². The second-order valence-corrected chi connectivity index (χ2v) is 30.0. The highest BCUT2D eigenvalue weighted by molar-refractivity contribution is 7.11. The molecule has 0 aromatic heterocycles. The molecule has 244 valence electrons. The molecule has 0 amide bonds. The van der Waals surface area contributed by atoms with Crippen LogP contribution in [0.15, 0.2) is 175 Å². The fourth-order valence-electron chi connectivity index (χ4n) is 7.19. The molecule has 1 aliphatic carbocycles. The van der Waals surface area contributed by atoms with E-state index in [0.29, 0.717) is 0 Å². The van der Waals surface area contributed by atoms with Gasteiger partial charge in [0, 0.05) is 0 Å². The highest BCUT2D eigenvalue weighted by Crippen LogP contribution is 2.32.